The molecule has 2 heterocycles. The Morgan fingerprint density at radius 3 is 3.04 bits per heavy atom. The molecule has 1 aliphatic heterocycles. The molecule has 26 heavy (non-hydrogen) atoms. The van der Waals surface area contributed by atoms with E-state index in [4.69, 9.17) is 5.26 Å². The number of halogens is 2. The van der Waals surface area contributed by atoms with Crippen molar-refractivity contribution in [2.75, 3.05) is 7.05 Å². The first-order chi connectivity index (χ1) is 12.1. The minimum absolute atomic E-state index is 0. The number of rotatable bonds is 3. The zero-order valence-corrected chi connectivity index (χ0v) is 17.0. The van der Waals surface area contributed by atoms with Gasteiger partial charge >= 0.3 is 0 Å². The Hall–Kier alpha value is -2.22. The van der Waals surface area contributed by atoms with E-state index in [-0.39, 0.29) is 42.4 Å². The number of aryl methyl sites for hydroxylation is 2. The zero-order valence-electron chi connectivity index (χ0n) is 14.7. The molecule has 0 amide bonds. The zero-order chi connectivity index (χ0) is 17.8. The average molecular weight is 469 g/mol. The van der Waals surface area contributed by atoms with Gasteiger partial charge in [-0.05, 0) is 31.5 Å². The maximum absolute atomic E-state index is 13.9. The molecule has 0 saturated carbocycles. The lowest BCUT2D eigenvalue weighted by Crippen LogP contribution is -2.46. The molecule has 0 aliphatic carbocycles. The van der Waals surface area contributed by atoms with E-state index >= 15 is 0 Å². The van der Waals surface area contributed by atoms with Crippen LogP contribution in [0, 0.1) is 24.1 Å². The summed E-state index contributed by atoms with van der Waals surface area (Å²) in [5.41, 5.74) is 0.863. The minimum atomic E-state index is -0.345. The molecule has 0 saturated heterocycles. The second kappa shape index (κ2) is 8.93. The first-order valence-corrected chi connectivity index (χ1v) is 8.15. The van der Waals surface area contributed by atoms with Crippen molar-refractivity contribution in [3.63, 3.8) is 0 Å². The summed E-state index contributed by atoms with van der Waals surface area (Å²) in [6.07, 6.45) is 1.78. The van der Waals surface area contributed by atoms with Crippen LogP contribution in [0.1, 0.15) is 29.2 Å². The quantitative estimate of drug-likeness (QED) is 0.407. The van der Waals surface area contributed by atoms with Crippen molar-refractivity contribution in [3.05, 3.63) is 46.8 Å². The number of nitriles is 1. The fourth-order valence-electron chi connectivity index (χ4n) is 2.90. The molecule has 2 N–H and O–H groups in total. The lowest BCUT2D eigenvalue weighted by atomic mass is 10.1. The smallest absolute Gasteiger partial charge is 0.191 e. The minimum Gasteiger partial charge on any atom is -0.352 e. The van der Waals surface area contributed by atoms with Crippen LogP contribution in [0.15, 0.2) is 23.2 Å². The second-order valence-corrected chi connectivity index (χ2v) is 5.98. The molecule has 1 aromatic heterocycles. The van der Waals surface area contributed by atoms with E-state index in [1.165, 1.54) is 12.1 Å². The molecule has 1 aromatic carbocycles. The highest BCUT2D eigenvalue weighted by Gasteiger charge is 2.21. The second-order valence-electron chi connectivity index (χ2n) is 5.98. The predicted molar refractivity (Wildman–Crippen MR) is 107 cm³/mol. The summed E-state index contributed by atoms with van der Waals surface area (Å²) >= 11 is 0. The molecule has 1 aliphatic rings. The molecule has 0 radical (unpaired) electrons. The average Bonchev–Trinajstić information content (AvgIpc) is 2.99. The summed E-state index contributed by atoms with van der Waals surface area (Å²) in [7, 11) is 1.67. The standard InChI is InChI=1S/C17H20FN7.HI/c1-11-22-16-6-4-14(10-25(16)24-11)23-17(20-2)21-9-13-7-12(8-19)3-5-15(13)18;/h3,5,7,14H,4,6,9-10H2,1-2H3,(H2,20,21,23);1H. The van der Waals surface area contributed by atoms with Crippen LogP contribution >= 0.6 is 24.0 Å². The van der Waals surface area contributed by atoms with Gasteiger partial charge in [0.2, 0.25) is 0 Å². The van der Waals surface area contributed by atoms with Gasteiger partial charge in [0.1, 0.15) is 17.5 Å². The van der Waals surface area contributed by atoms with Gasteiger partial charge in [-0.25, -0.2) is 14.1 Å². The van der Waals surface area contributed by atoms with Gasteiger partial charge in [0.15, 0.2) is 5.96 Å². The van der Waals surface area contributed by atoms with Crippen LogP contribution in [-0.2, 0) is 19.5 Å². The third-order valence-electron chi connectivity index (χ3n) is 4.15. The normalized spacial score (nSPS) is 16.2. The number of nitrogens with zero attached hydrogens (tertiary/aromatic N) is 5. The molecule has 1 atom stereocenters. The molecule has 7 nitrogen and oxygen atoms in total. The molecular formula is C17H21FIN7. The molecule has 2 aromatic rings. The van der Waals surface area contributed by atoms with E-state index in [2.05, 4.69) is 25.7 Å². The number of guanidine groups is 1. The van der Waals surface area contributed by atoms with Gasteiger partial charge in [-0.3, -0.25) is 4.99 Å². The van der Waals surface area contributed by atoms with Gasteiger partial charge in [0.05, 0.1) is 18.2 Å². The van der Waals surface area contributed by atoms with Gasteiger partial charge in [-0.1, -0.05) is 0 Å². The third kappa shape index (κ3) is 4.69. The summed E-state index contributed by atoms with van der Waals surface area (Å²) in [5.74, 6) is 2.04. The van der Waals surface area contributed by atoms with Gasteiger partial charge in [-0.2, -0.15) is 10.4 Å². The van der Waals surface area contributed by atoms with Crippen LogP contribution in [-0.4, -0.2) is 33.8 Å². The van der Waals surface area contributed by atoms with Crippen molar-refractivity contribution in [2.45, 2.75) is 38.9 Å². The Morgan fingerprint density at radius 2 is 2.31 bits per heavy atom. The number of nitrogens with one attached hydrogen (secondary N) is 2. The van der Waals surface area contributed by atoms with Crippen molar-refractivity contribution < 1.29 is 4.39 Å². The van der Waals surface area contributed by atoms with Crippen LogP contribution < -0.4 is 10.6 Å². The summed E-state index contributed by atoms with van der Waals surface area (Å²) in [4.78, 5) is 8.59. The highest BCUT2D eigenvalue weighted by Crippen LogP contribution is 2.13. The first kappa shape index (κ1) is 20.1. The van der Waals surface area contributed by atoms with Crippen molar-refractivity contribution in [3.8, 4) is 6.07 Å². The van der Waals surface area contributed by atoms with Crippen LogP contribution in [0.3, 0.4) is 0 Å². The fourth-order valence-corrected chi connectivity index (χ4v) is 2.90. The molecule has 0 fully saturated rings. The topological polar surface area (TPSA) is 90.9 Å². The Bertz CT molecular complexity index is 840. The number of hydrogen-bond donors (Lipinski definition) is 2. The van der Waals surface area contributed by atoms with Crippen molar-refractivity contribution in [2.24, 2.45) is 4.99 Å². The highest BCUT2D eigenvalue weighted by molar-refractivity contribution is 14.0. The SMILES string of the molecule is CN=C(NCc1cc(C#N)ccc1F)NC1CCc2nc(C)nn2C1.I. The van der Waals surface area contributed by atoms with Crippen LogP contribution in [0.25, 0.3) is 0 Å². The third-order valence-corrected chi connectivity index (χ3v) is 4.15. The Balaban J connectivity index is 0.00000243. The Morgan fingerprint density at radius 1 is 1.50 bits per heavy atom. The number of fused-ring (bicyclic) bond motifs is 1. The van der Waals surface area contributed by atoms with Gasteiger partial charge in [-0.15, -0.1) is 24.0 Å². The number of aromatic nitrogens is 3. The first-order valence-electron chi connectivity index (χ1n) is 8.15. The van der Waals surface area contributed by atoms with E-state index in [1.54, 1.807) is 13.1 Å². The summed E-state index contributed by atoms with van der Waals surface area (Å²) in [5, 5.41) is 19.8. The van der Waals surface area contributed by atoms with E-state index in [9.17, 15) is 4.39 Å². The molecule has 0 bridgehead atoms. The number of hydrogen-bond acceptors (Lipinski definition) is 4. The maximum atomic E-state index is 13.9. The van der Waals surface area contributed by atoms with Gasteiger partial charge in [0.25, 0.3) is 0 Å². The monoisotopic (exact) mass is 469 g/mol. The Labute approximate surface area is 168 Å². The van der Waals surface area contributed by atoms with Gasteiger partial charge < -0.3 is 10.6 Å². The summed E-state index contributed by atoms with van der Waals surface area (Å²) in [6, 6.07) is 6.51. The van der Waals surface area contributed by atoms with E-state index in [0.717, 1.165) is 31.0 Å². The van der Waals surface area contributed by atoms with E-state index in [0.29, 0.717) is 17.1 Å². The predicted octanol–water partition coefficient (Wildman–Crippen LogP) is 1.90. The molecular weight excluding hydrogens is 448 g/mol. The number of benzene rings is 1. The number of aliphatic imine (C=N–C) groups is 1. The molecule has 1 unspecified atom stereocenters. The fraction of sp³-hybridized carbons (Fsp3) is 0.412. The lowest BCUT2D eigenvalue weighted by molar-refractivity contribution is 0.392. The van der Waals surface area contributed by atoms with Crippen LogP contribution in [0.2, 0.25) is 0 Å². The largest absolute Gasteiger partial charge is 0.352 e. The van der Waals surface area contributed by atoms with Crippen LogP contribution in [0.4, 0.5) is 4.39 Å². The molecule has 9 heteroatoms. The van der Waals surface area contributed by atoms with E-state index < -0.39 is 0 Å². The molecule has 138 valence electrons. The van der Waals surface area contributed by atoms with Gasteiger partial charge in [0, 0.05) is 31.6 Å². The maximum Gasteiger partial charge on any atom is 0.191 e. The molecule has 3 rings (SSSR count). The van der Waals surface area contributed by atoms with Crippen LogP contribution in [0.5, 0.6) is 0 Å². The van der Waals surface area contributed by atoms with Crippen molar-refractivity contribution in [1.82, 2.24) is 25.4 Å². The lowest BCUT2D eigenvalue weighted by Gasteiger charge is -2.25. The highest BCUT2D eigenvalue weighted by atomic mass is 127. The van der Waals surface area contributed by atoms with E-state index in [1.807, 2.05) is 17.7 Å². The summed E-state index contributed by atoms with van der Waals surface area (Å²) in [6.45, 7) is 2.86. The summed E-state index contributed by atoms with van der Waals surface area (Å²) < 4.78 is 15.8. The Kier molecular flexibility index (Phi) is 6.90. The van der Waals surface area contributed by atoms with Crippen molar-refractivity contribution >= 4 is 29.9 Å². The van der Waals surface area contributed by atoms with Crippen molar-refractivity contribution in [1.29, 1.82) is 5.26 Å². The molecule has 0 spiro atoms.